The van der Waals surface area contributed by atoms with E-state index < -0.39 is 0 Å². The Kier molecular flexibility index (Phi) is 5.82. The highest BCUT2D eigenvalue weighted by Gasteiger charge is 2.29. The van der Waals surface area contributed by atoms with E-state index in [1.54, 1.807) is 42.2 Å². The van der Waals surface area contributed by atoms with Crippen LogP contribution < -0.4 is 10.3 Å². The quantitative estimate of drug-likeness (QED) is 0.259. The maximum atomic E-state index is 13.0. The molecule has 168 valence electrons. The van der Waals surface area contributed by atoms with Crippen LogP contribution in [0.5, 0.6) is 0 Å². The molecule has 0 spiro atoms. The smallest absolute Gasteiger partial charge is 0.271 e. The second kappa shape index (κ2) is 8.93. The first-order chi connectivity index (χ1) is 16.4. The van der Waals surface area contributed by atoms with Crippen molar-refractivity contribution in [2.45, 2.75) is 13.5 Å². The van der Waals surface area contributed by atoms with Gasteiger partial charge in [0.15, 0.2) is 0 Å². The molecule has 34 heavy (non-hydrogen) atoms. The molecule has 0 fully saturated rings. The van der Waals surface area contributed by atoms with E-state index in [0.29, 0.717) is 27.9 Å². The van der Waals surface area contributed by atoms with Gasteiger partial charge < -0.3 is 4.90 Å². The Morgan fingerprint density at radius 1 is 0.912 bits per heavy atom. The number of hydrazone groups is 1. The minimum atomic E-state index is -0.333. The first-order valence-corrected chi connectivity index (χ1v) is 11.4. The van der Waals surface area contributed by atoms with Crippen LogP contribution in [0.1, 0.15) is 38.8 Å². The van der Waals surface area contributed by atoms with Gasteiger partial charge in [0, 0.05) is 16.5 Å². The van der Waals surface area contributed by atoms with E-state index in [0.717, 1.165) is 33.2 Å². The molecular weight excluding hydrogens is 469 g/mol. The highest BCUT2D eigenvalue weighted by Crippen LogP contribution is 2.38. The van der Waals surface area contributed by atoms with Crippen molar-refractivity contribution in [3.8, 4) is 0 Å². The normalized spacial score (nSPS) is 13.0. The highest BCUT2D eigenvalue weighted by molar-refractivity contribution is 6.42. The Balaban J connectivity index is 1.29. The Morgan fingerprint density at radius 2 is 1.62 bits per heavy atom. The van der Waals surface area contributed by atoms with Gasteiger partial charge in [0.25, 0.3) is 11.8 Å². The zero-order chi connectivity index (χ0) is 23.8. The molecule has 0 aromatic heterocycles. The van der Waals surface area contributed by atoms with Gasteiger partial charge in [-0.25, -0.2) is 5.43 Å². The lowest BCUT2D eigenvalue weighted by molar-refractivity contribution is 0.0953. The Morgan fingerprint density at radius 3 is 2.35 bits per heavy atom. The van der Waals surface area contributed by atoms with Crippen LogP contribution in [-0.4, -0.2) is 17.5 Å². The lowest BCUT2D eigenvalue weighted by Crippen LogP contribution is -2.26. The first kappa shape index (κ1) is 22.1. The van der Waals surface area contributed by atoms with E-state index in [4.69, 9.17) is 23.2 Å². The summed E-state index contributed by atoms with van der Waals surface area (Å²) in [7, 11) is 0. The first-order valence-electron chi connectivity index (χ1n) is 10.6. The molecule has 1 aliphatic rings. The van der Waals surface area contributed by atoms with E-state index in [9.17, 15) is 9.59 Å². The van der Waals surface area contributed by atoms with Crippen LogP contribution in [0.4, 0.5) is 5.69 Å². The molecule has 2 amide bonds. The summed E-state index contributed by atoms with van der Waals surface area (Å²) in [5, 5.41) is 7.08. The van der Waals surface area contributed by atoms with Crippen molar-refractivity contribution in [3.05, 3.63) is 111 Å². The standard InChI is InChI=1S/C27H19Cl2N3O2/c1-16(20-12-13-22(28)23(29)14-20)30-31-26(33)19-10-8-17(9-11-19)15-32-24-7-3-5-18-4-2-6-21(25(18)24)27(32)34/h2-14H,15H2,1H3,(H,31,33). The molecule has 4 aromatic rings. The minimum absolute atomic E-state index is 0.0132. The fourth-order valence-corrected chi connectivity index (χ4v) is 4.36. The fourth-order valence-electron chi connectivity index (χ4n) is 4.07. The van der Waals surface area contributed by atoms with Gasteiger partial charge >= 0.3 is 0 Å². The maximum Gasteiger partial charge on any atom is 0.271 e. The van der Waals surface area contributed by atoms with E-state index >= 15 is 0 Å². The van der Waals surface area contributed by atoms with E-state index in [-0.39, 0.29) is 11.8 Å². The van der Waals surface area contributed by atoms with Crippen LogP contribution in [0, 0.1) is 0 Å². The predicted octanol–water partition coefficient (Wildman–Crippen LogP) is 6.46. The van der Waals surface area contributed by atoms with Crippen molar-refractivity contribution in [2.24, 2.45) is 5.10 Å². The number of halogens is 2. The highest BCUT2D eigenvalue weighted by atomic mass is 35.5. The van der Waals surface area contributed by atoms with Crippen molar-refractivity contribution in [2.75, 3.05) is 4.90 Å². The summed E-state index contributed by atoms with van der Waals surface area (Å²) in [5.41, 5.74) is 6.94. The number of nitrogens with zero attached hydrogens (tertiary/aromatic N) is 2. The van der Waals surface area contributed by atoms with Gasteiger partial charge in [-0.2, -0.15) is 5.10 Å². The molecular formula is C27H19Cl2N3O2. The number of carbonyl (C=O) groups excluding carboxylic acids is 2. The van der Waals surface area contributed by atoms with Gasteiger partial charge in [-0.15, -0.1) is 0 Å². The number of carbonyl (C=O) groups is 2. The average Bonchev–Trinajstić information content (AvgIpc) is 3.12. The van der Waals surface area contributed by atoms with Crippen LogP contribution in [0.3, 0.4) is 0 Å². The summed E-state index contributed by atoms with van der Waals surface area (Å²) in [4.78, 5) is 27.3. The van der Waals surface area contributed by atoms with Gasteiger partial charge in [-0.05, 0) is 59.8 Å². The van der Waals surface area contributed by atoms with Crippen LogP contribution in [0.15, 0.2) is 84.0 Å². The number of amides is 2. The molecule has 5 nitrogen and oxygen atoms in total. The Bertz CT molecular complexity index is 1470. The van der Waals surface area contributed by atoms with Crippen LogP contribution in [-0.2, 0) is 6.54 Å². The molecule has 0 radical (unpaired) electrons. The molecule has 0 saturated heterocycles. The van der Waals surface area contributed by atoms with Crippen molar-refractivity contribution in [1.29, 1.82) is 0 Å². The van der Waals surface area contributed by atoms with Crippen molar-refractivity contribution in [1.82, 2.24) is 5.43 Å². The molecule has 0 atom stereocenters. The van der Waals surface area contributed by atoms with Crippen molar-refractivity contribution in [3.63, 3.8) is 0 Å². The number of benzene rings is 4. The third-order valence-electron chi connectivity index (χ3n) is 5.87. The van der Waals surface area contributed by atoms with Gasteiger partial charge in [0.2, 0.25) is 0 Å². The maximum absolute atomic E-state index is 13.0. The summed E-state index contributed by atoms with van der Waals surface area (Å²) in [6.07, 6.45) is 0. The van der Waals surface area contributed by atoms with E-state index in [2.05, 4.69) is 10.5 Å². The van der Waals surface area contributed by atoms with E-state index in [1.165, 1.54) is 0 Å². The van der Waals surface area contributed by atoms with Crippen molar-refractivity contribution < 1.29 is 9.59 Å². The van der Waals surface area contributed by atoms with Crippen LogP contribution in [0.25, 0.3) is 10.8 Å². The van der Waals surface area contributed by atoms with Gasteiger partial charge in [0.05, 0.1) is 28.0 Å². The molecule has 0 aliphatic carbocycles. The van der Waals surface area contributed by atoms with Gasteiger partial charge in [0.1, 0.15) is 0 Å². The van der Waals surface area contributed by atoms with E-state index in [1.807, 2.05) is 48.5 Å². The third kappa shape index (κ3) is 4.04. The second-order valence-corrected chi connectivity index (χ2v) is 8.85. The van der Waals surface area contributed by atoms with Crippen LogP contribution >= 0.6 is 23.2 Å². The molecule has 7 heteroatoms. The molecule has 0 bridgehead atoms. The summed E-state index contributed by atoms with van der Waals surface area (Å²) < 4.78 is 0. The summed E-state index contributed by atoms with van der Waals surface area (Å²) >= 11 is 12.0. The average molecular weight is 488 g/mol. The molecule has 0 saturated carbocycles. The largest absolute Gasteiger partial charge is 0.303 e. The van der Waals surface area contributed by atoms with Gasteiger partial charge in [-0.1, -0.05) is 65.7 Å². The Labute approximate surface area is 206 Å². The van der Waals surface area contributed by atoms with Gasteiger partial charge in [-0.3, -0.25) is 9.59 Å². The van der Waals surface area contributed by atoms with Crippen molar-refractivity contribution >= 4 is 57.2 Å². The molecule has 5 rings (SSSR count). The molecule has 1 N–H and O–H groups in total. The minimum Gasteiger partial charge on any atom is -0.303 e. The predicted molar refractivity (Wildman–Crippen MR) is 137 cm³/mol. The number of rotatable bonds is 5. The van der Waals surface area contributed by atoms with Crippen LogP contribution in [0.2, 0.25) is 10.0 Å². The SMILES string of the molecule is CC(=NNC(=O)c1ccc(CN2C(=O)c3cccc4cccc2c34)cc1)c1ccc(Cl)c(Cl)c1. The number of nitrogens with one attached hydrogen (secondary N) is 1. The lowest BCUT2D eigenvalue weighted by Gasteiger charge is -2.18. The summed E-state index contributed by atoms with van der Waals surface area (Å²) in [6, 6.07) is 24.0. The summed E-state index contributed by atoms with van der Waals surface area (Å²) in [6.45, 7) is 2.19. The molecule has 4 aromatic carbocycles. The molecule has 1 heterocycles. The number of anilines is 1. The second-order valence-electron chi connectivity index (χ2n) is 8.04. The fraction of sp³-hybridized carbons (Fsp3) is 0.0741. The zero-order valence-corrected chi connectivity index (χ0v) is 19.7. The third-order valence-corrected chi connectivity index (χ3v) is 6.61. The lowest BCUT2D eigenvalue weighted by atomic mass is 10.1. The topological polar surface area (TPSA) is 61.8 Å². The zero-order valence-electron chi connectivity index (χ0n) is 18.2. The number of hydrogen-bond acceptors (Lipinski definition) is 3. The monoisotopic (exact) mass is 487 g/mol. The summed E-state index contributed by atoms with van der Waals surface area (Å²) in [5.74, 6) is -0.346. The Hall–Kier alpha value is -3.67. The molecule has 1 aliphatic heterocycles. The number of hydrogen-bond donors (Lipinski definition) is 1. The molecule has 0 unspecified atom stereocenters.